The fourth-order valence-corrected chi connectivity index (χ4v) is 5.14. The Kier molecular flexibility index (Phi) is 12.7. The van der Waals surface area contributed by atoms with E-state index >= 15 is 0 Å². The largest absolute Gasteiger partial charge is 0.494 e. The first-order valence-electron chi connectivity index (χ1n) is 15.8. The van der Waals surface area contributed by atoms with E-state index in [4.69, 9.17) is 14.2 Å². The van der Waals surface area contributed by atoms with E-state index in [1.54, 1.807) is 24.3 Å². The third kappa shape index (κ3) is 12.2. The molecule has 0 bridgehead atoms. The van der Waals surface area contributed by atoms with E-state index in [0.29, 0.717) is 18.4 Å². The first kappa shape index (κ1) is 38.9. The summed E-state index contributed by atoms with van der Waals surface area (Å²) in [4.78, 5) is 33.8. The summed E-state index contributed by atoms with van der Waals surface area (Å²) in [5, 5.41) is 22.1. The molecule has 52 heavy (non-hydrogen) atoms. The van der Waals surface area contributed by atoms with Gasteiger partial charge < -0.3 is 14.2 Å². The molecule has 0 amide bonds. The topological polar surface area (TPSA) is 131 Å². The van der Waals surface area contributed by atoms with Gasteiger partial charge >= 0.3 is 18.3 Å². The van der Waals surface area contributed by atoms with Crippen LogP contribution in [0.3, 0.4) is 0 Å². The van der Waals surface area contributed by atoms with Crippen LogP contribution in [-0.4, -0.2) is 35.2 Å². The molecule has 15 heteroatoms. The third-order valence-electron chi connectivity index (χ3n) is 7.72. The fraction of sp³-hybridized carbons (Fsp3) is 0.270. The Morgan fingerprint density at radius 2 is 1.23 bits per heavy atom. The Morgan fingerprint density at radius 3 is 1.71 bits per heavy atom. The highest BCUT2D eigenvalue weighted by molar-refractivity contribution is 5.87. The molecule has 4 rings (SSSR count). The molecular formula is C37H33F5N2O8. The first-order chi connectivity index (χ1) is 24.5. The van der Waals surface area contributed by atoms with Crippen molar-refractivity contribution < 1.29 is 50.8 Å². The van der Waals surface area contributed by atoms with Gasteiger partial charge in [-0.2, -0.15) is 22.0 Å². The van der Waals surface area contributed by atoms with Gasteiger partial charge in [0.25, 0.3) is 11.4 Å². The third-order valence-corrected chi connectivity index (χ3v) is 7.72. The van der Waals surface area contributed by atoms with Crippen molar-refractivity contribution in [2.24, 2.45) is 5.41 Å². The molecule has 0 atom stereocenters. The number of hydrogen-bond donors (Lipinski definition) is 0. The molecule has 0 N–H and O–H groups in total. The summed E-state index contributed by atoms with van der Waals surface area (Å²) in [6.45, 7) is 1.57. The second-order valence-electron chi connectivity index (χ2n) is 12.2. The summed E-state index contributed by atoms with van der Waals surface area (Å²) in [5.74, 6) is -0.719. The maximum atomic E-state index is 14.9. The predicted molar refractivity (Wildman–Crippen MR) is 180 cm³/mol. The molecule has 0 spiro atoms. The van der Waals surface area contributed by atoms with Crippen LogP contribution in [0.25, 0.3) is 6.08 Å². The summed E-state index contributed by atoms with van der Waals surface area (Å²) in [5.41, 5.74) is 0.521. The van der Waals surface area contributed by atoms with Gasteiger partial charge in [0.05, 0.1) is 28.6 Å². The van der Waals surface area contributed by atoms with Gasteiger partial charge in [0.1, 0.15) is 11.5 Å². The Morgan fingerprint density at radius 1 is 0.731 bits per heavy atom. The standard InChI is InChI=1S/C37H33F5N2O8/c1-35(23-27-5-12-30(13-6-27)43(46)47,24-28-7-14-31(15-8-28)44(48)49)25-51-34(45)20-9-26-3-10-29(11-4-26)37(41,42)52-33-18-16-32(17-19-33)50-22-2-21-36(38,39)40/h3-20H,2,21-25H2,1H3. The van der Waals surface area contributed by atoms with Crippen molar-refractivity contribution in [1.29, 1.82) is 0 Å². The van der Waals surface area contributed by atoms with Crippen LogP contribution in [0.15, 0.2) is 103 Å². The SMILES string of the molecule is CC(COC(=O)C=Cc1ccc(C(F)(F)Oc2ccc(OCCCC(F)(F)F)cc2)cc1)(Cc1ccc([N+](=O)[O-])cc1)Cc1ccc([N+](=O)[O-])cc1. The number of alkyl halides is 5. The van der Waals surface area contributed by atoms with E-state index in [2.05, 4.69) is 0 Å². The van der Waals surface area contributed by atoms with Crippen LogP contribution in [0.2, 0.25) is 0 Å². The minimum Gasteiger partial charge on any atom is -0.494 e. The summed E-state index contributed by atoms with van der Waals surface area (Å²) in [6.07, 6.45) is -6.08. The van der Waals surface area contributed by atoms with Crippen LogP contribution < -0.4 is 9.47 Å². The van der Waals surface area contributed by atoms with Crippen LogP contribution >= 0.6 is 0 Å². The molecule has 0 aliphatic rings. The van der Waals surface area contributed by atoms with Gasteiger partial charge in [0.2, 0.25) is 0 Å². The maximum Gasteiger partial charge on any atom is 0.426 e. The van der Waals surface area contributed by atoms with E-state index < -0.39 is 45.5 Å². The number of non-ortho nitro benzene ring substituents is 2. The summed E-state index contributed by atoms with van der Waals surface area (Å²) in [6, 6.07) is 21.9. The van der Waals surface area contributed by atoms with Crippen LogP contribution in [0.1, 0.15) is 42.0 Å². The molecule has 4 aromatic rings. The number of halogens is 5. The zero-order valence-corrected chi connectivity index (χ0v) is 27.7. The highest BCUT2D eigenvalue weighted by Gasteiger charge is 2.34. The Balaban J connectivity index is 1.35. The van der Waals surface area contributed by atoms with Crippen molar-refractivity contribution in [1.82, 2.24) is 0 Å². The normalized spacial score (nSPS) is 12.0. The van der Waals surface area contributed by atoms with Crippen molar-refractivity contribution >= 4 is 23.4 Å². The Hall–Kier alpha value is -5.86. The van der Waals surface area contributed by atoms with Crippen molar-refractivity contribution in [3.63, 3.8) is 0 Å². The van der Waals surface area contributed by atoms with E-state index in [9.17, 15) is 47.0 Å². The molecule has 0 aliphatic heterocycles. The van der Waals surface area contributed by atoms with Crippen molar-refractivity contribution in [3.8, 4) is 11.5 Å². The van der Waals surface area contributed by atoms with Gasteiger partial charge in [-0.05, 0) is 78.4 Å². The van der Waals surface area contributed by atoms with Crippen LogP contribution in [0.5, 0.6) is 11.5 Å². The second-order valence-corrected chi connectivity index (χ2v) is 12.2. The monoisotopic (exact) mass is 728 g/mol. The van der Waals surface area contributed by atoms with Gasteiger partial charge in [-0.1, -0.05) is 43.3 Å². The number of carbonyl (C=O) groups is 1. The molecule has 0 aromatic heterocycles. The van der Waals surface area contributed by atoms with E-state index in [-0.39, 0.29) is 42.5 Å². The number of esters is 1. The average Bonchev–Trinajstić information content (AvgIpc) is 3.09. The van der Waals surface area contributed by atoms with Gasteiger partial charge in [-0.3, -0.25) is 20.2 Å². The highest BCUT2D eigenvalue weighted by Crippen LogP contribution is 2.33. The van der Waals surface area contributed by atoms with Crippen molar-refractivity contribution in [2.75, 3.05) is 13.2 Å². The lowest BCUT2D eigenvalue weighted by Crippen LogP contribution is -2.30. The summed E-state index contributed by atoms with van der Waals surface area (Å²) >= 11 is 0. The van der Waals surface area contributed by atoms with Crippen molar-refractivity contribution in [3.05, 3.63) is 146 Å². The van der Waals surface area contributed by atoms with E-state index in [1.165, 1.54) is 66.7 Å². The molecule has 0 aliphatic carbocycles. The smallest absolute Gasteiger partial charge is 0.426 e. The second kappa shape index (κ2) is 16.9. The number of ether oxygens (including phenoxy) is 3. The van der Waals surface area contributed by atoms with Gasteiger partial charge in [0, 0.05) is 42.2 Å². The lowest BCUT2D eigenvalue weighted by Gasteiger charge is -2.29. The van der Waals surface area contributed by atoms with E-state index in [0.717, 1.165) is 29.3 Å². The molecule has 274 valence electrons. The quantitative estimate of drug-likeness (QED) is 0.0263. The number of hydrogen-bond acceptors (Lipinski definition) is 8. The van der Waals surface area contributed by atoms with Crippen LogP contribution in [0.4, 0.5) is 33.3 Å². The van der Waals surface area contributed by atoms with Crippen LogP contribution in [-0.2, 0) is 28.5 Å². The van der Waals surface area contributed by atoms with Gasteiger partial charge in [-0.25, -0.2) is 4.79 Å². The molecule has 0 heterocycles. The van der Waals surface area contributed by atoms with Crippen molar-refractivity contribution in [2.45, 2.75) is 44.9 Å². The average molecular weight is 729 g/mol. The lowest BCUT2D eigenvalue weighted by atomic mass is 9.79. The van der Waals surface area contributed by atoms with E-state index in [1.807, 2.05) is 6.92 Å². The van der Waals surface area contributed by atoms with Crippen LogP contribution in [0, 0.1) is 25.6 Å². The number of carbonyl (C=O) groups excluding carboxylic acids is 1. The number of rotatable bonds is 17. The fourth-order valence-electron chi connectivity index (χ4n) is 5.14. The minimum atomic E-state index is -4.29. The number of nitrogens with zero attached hydrogens (tertiary/aromatic N) is 2. The Labute approximate surface area is 294 Å². The zero-order valence-electron chi connectivity index (χ0n) is 27.7. The predicted octanol–water partition coefficient (Wildman–Crippen LogP) is 9.40. The van der Waals surface area contributed by atoms with Gasteiger partial charge in [0.15, 0.2) is 0 Å². The van der Waals surface area contributed by atoms with Gasteiger partial charge in [-0.15, -0.1) is 0 Å². The summed E-state index contributed by atoms with van der Waals surface area (Å²) < 4.78 is 82.1. The minimum absolute atomic E-state index is 0.0805. The number of nitro benzene ring substituents is 2. The lowest BCUT2D eigenvalue weighted by molar-refractivity contribution is -0.385. The Bertz CT molecular complexity index is 1790. The molecule has 0 radical (unpaired) electrons. The maximum absolute atomic E-state index is 14.9. The highest BCUT2D eigenvalue weighted by atomic mass is 19.4. The molecular weight excluding hydrogens is 695 g/mol. The molecule has 0 saturated carbocycles. The molecule has 0 saturated heterocycles. The number of nitro groups is 2. The molecule has 10 nitrogen and oxygen atoms in total. The first-order valence-corrected chi connectivity index (χ1v) is 15.8. The molecule has 0 fully saturated rings. The molecule has 4 aromatic carbocycles. The summed E-state index contributed by atoms with van der Waals surface area (Å²) in [7, 11) is 0. The molecule has 0 unspecified atom stereocenters. The number of benzene rings is 4. The zero-order chi connectivity index (χ0) is 37.9.